The normalized spacial score (nSPS) is 12.2. The van der Waals surface area contributed by atoms with Crippen molar-refractivity contribution in [1.82, 2.24) is 9.97 Å². The minimum atomic E-state index is -4.65. The zero-order valence-electron chi connectivity index (χ0n) is 13.2. The number of hydrogen-bond acceptors (Lipinski definition) is 3. The molecule has 0 saturated carbocycles. The monoisotopic (exact) mass is 388 g/mol. The predicted octanol–water partition coefficient (Wildman–Crippen LogP) is 4.59. The number of aromatic nitrogens is 2. The van der Waals surface area contributed by atoms with E-state index >= 15 is 0 Å². The lowest BCUT2D eigenvalue weighted by Crippen LogP contribution is -2.08. The lowest BCUT2D eigenvalue weighted by molar-refractivity contribution is -0.141. The van der Waals surface area contributed by atoms with Crippen LogP contribution in [-0.4, -0.2) is 21.0 Å². The van der Waals surface area contributed by atoms with Gasteiger partial charge in [-0.05, 0) is 17.7 Å². The van der Waals surface area contributed by atoms with E-state index in [9.17, 15) is 31.1 Å². The topological polar surface area (TPSA) is 63.1 Å². The van der Waals surface area contributed by atoms with Crippen LogP contribution < -0.4 is 0 Å². The van der Waals surface area contributed by atoms with E-state index in [1.54, 1.807) is 0 Å². The molecule has 0 aliphatic carbocycles. The van der Waals surface area contributed by atoms with Gasteiger partial charge >= 0.3 is 18.3 Å². The molecule has 2 rings (SSSR count). The Morgan fingerprint density at radius 1 is 0.852 bits per heavy atom. The Morgan fingerprint density at radius 2 is 1.30 bits per heavy atom. The number of carbonyl (C=O) groups is 1. The number of carboxylic acids is 1. The summed E-state index contributed by atoms with van der Waals surface area (Å²) in [5.74, 6) is -1.28. The van der Waals surface area contributed by atoms with Crippen LogP contribution in [0, 0.1) is 0 Å². The maximum absolute atomic E-state index is 12.6. The minimum absolute atomic E-state index is 0.139. The summed E-state index contributed by atoms with van der Waals surface area (Å²) in [5, 5.41) is 8.63. The molecule has 0 aliphatic rings. The predicted molar refractivity (Wildman–Crippen MR) is 82.3 cm³/mol. The molecule has 10 heteroatoms. The number of nitrogens with zero attached hydrogens (tertiary/aromatic N) is 2. The molecule has 0 unspecified atom stereocenters. The molecule has 0 spiro atoms. The van der Waals surface area contributed by atoms with Crippen LogP contribution >= 0.6 is 0 Å². The number of aliphatic carboxylic acids is 1. The van der Waals surface area contributed by atoms with Crippen LogP contribution in [0.4, 0.5) is 26.3 Å². The quantitative estimate of drug-likeness (QED) is 0.473. The Hall–Kier alpha value is -3.17. The van der Waals surface area contributed by atoms with Crippen molar-refractivity contribution in [2.24, 2.45) is 0 Å². The zero-order chi connectivity index (χ0) is 20.2. The molecule has 2 aromatic rings. The van der Waals surface area contributed by atoms with Gasteiger partial charge in [0.25, 0.3) is 0 Å². The molecule has 4 nitrogen and oxygen atoms in total. The van der Waals surface area contributed by atoms with E-state index < -0.39 is 29.7 Å². The van der Waals surface area contributed by atoms with Gasteiger partial charge < -0.3 is 5.11 Å². The van der Waals surface area contributed by atoms with Gasteiger partial charge in [-0.2, -0.15) is 26.3 Å². The summed E-state index contributed by atoms with van der Waals surface area (Å²) >= 11 is 0. The molecule has 0 bridgehead atoms. The van der Waals surface area contributed by atoms with Crippen LogP contribution in [0.3, 0.4) is 0 Å². The summed E-state index contributed by atoms with van der Waals surface area (Å²) in [6.07, 6.45) is -4.45. The third kappa shape index (κ3) is 5.40. The van der Waals surface area contributed by atoms with Crippen LogP contribution in [0.2, 0.25) is 0 Å². The van der Waals surface area contributed by atoms with E-state index in [1.807, 2.05) is 0 Å². The van der Waals surface area contributed by atoms with Gasteiger partial charge in [0.2, 0.25) is 0 Å². The molecule has 0 radical (unpaired) electrons. The first kappa shape index (κ1) is 20.1. The molecule has 0 saturated heterocycles. The molecule has 1 N–H and O–H groups in total. The van der Waals surface area contributed by atoms with Crippen molar-refractivity contribution in [3.63, 3.8) is 0 Å². The number of rotatable bonds is 4. The molecule has 142 valence electrons. The van der Waals surface area contributed by atoms with Crippen LogP contribution in [0.15, 0.2) is 54.9 Å². The highest BCUT2D eigenvalue weighted by atomic mass is 19.4. The van der Waals surface area contributed by atoms with Crippen molar-refractivity contribution in [1.29, 1.82) is 0 Å². The van der Waals surface area contributed by atoms with Crippen LogP contribution in [0.5, 0.6) is 0 Å². The molecule has 0 atom stereocenters. The van der Waals surface area contributed by atoms with Crippen LogP contribution in [0.25, 0.3) is 5.57 Å². The average molecular weight is 388 g/mol. The van der Waals surface area contributed by atoms with Crippen molar-refractivity contribution in [2.75, 3.05) is 0 Å². The summed E-state index contributed by atoms with van der Waals surface area (Å²) in [6, 6.07) is 3.57. The summed E-state index contributed by atoms with van der Waals surface area (Å²) in [4.78, 5) is 17.2. The summed E-state index contributed by atoms with van der Waals surface area (Å²) in [7, 11) is 0. The van der Waals surface area contributed by atoms with Crippen molar-refractivity contribution in [2.45, 2.75) is 12.4 Å². The van der Waals surface area contributed by atoms with Gasteiger partial charge in [0.1, 0.15) is 11.4 Å². The average Bonchev–Trinajstić information content (AvgIpc) is 2.57. The Bertz CT molecular complexity index is 807. The van der Waals surface area contributed by atoms with Gasteiger partial charge in [0, 0.05) is 29.6 Å². The van der Waals surface area contributed by atoms with E-state index in [1.165, 1.54) is 6.08 Å². The standard InChI is InChI=1S/C17H10F6N2O2/c18-16(19,20)13-6-4-10(8-24-13)12(2-1-3-15(26)27)11-5-7-14(25-9-11)17(21,22)23/h1-9H,(H,26,27)/b3-1+. The smallest absolute Gasteiger partial charge is 0.433 e. The first-order valence-electron chi connectivity index (χ1n) is 7.17. The lowest BCUT2D eigenvalue weighted by Gasteiger charge is -2.11. The number of carboxylic acid groups (broad SMARTS) is 1. The van der Waals surface area contributed by atoms with Gasteiger partial charge in [-0.15, -0.1) is 0 Å². The molecule has 0 aromatic carbocycles. The Labute approximate surface area is 148 Å². The third-order valence-corrected chi connectivity index (χ3v) is 3.23. The van der Waals surface area contributed by atoms with Gasteiger partial charge in [0.15, 0.2) is 0 Å². The van der Waals surface area contributed by atoms with Crippen LogP contribution in [0.1, 0.15) is 22.5 Å². The molecular weight excluding hydrogens is 378 g/mol. The van der Waals surface area contributed by atoms with Crippen molar-refractivity contribution >= 4 is 11.5 Å². The molecule has 0 aliphatic heterocycles. The Balaban J connectivity index is 2.47. The molecule has 0 fully saturated rings. The second-order valence-corrected chi connectivity index (χ2v) is 5.14. The van der Waals surface area contributed by atoms with Crippen molar-refractivity contribution in [3.8, 4) is 0 Å². The van der Waals surface area contributed by atoms with E-state index in [4.69, 9.17) is 5.11 Å². The number of allylic oxidation sites excluding steroid dienone is 2. The number of pyridine rings is 2. The molecule has 2 aromatic heterocycles. The third-order valence-electron chi connectivity index (χ3n) is 3.23. The maximum atomic E-state index is 12.6. The van der Waals surface area contributed by atoms with E-state index in [0.29, 0.717) is 12.1 Å². The zero-order valence-corrected chi connectivity index (χ0v) is 13.2. The molecule has 27 heavy (non-hydrogen) atoms. The van der Waals surface area contributed by atoms with E-state index in [0.717, 1.165) is 36.7 Å². The highest BCUT2D eigenvalue weighted by molar-refractivity contribution is 5.83. The molecule has 0 amide bonds. The largest absolute Gasteiger partial charge is 0.478 e. The molecule has 2 heterocycles. The first-order chi connectivity index (χ1) is 12.5. The highest BCUT2D eigenvalue weighted by Gasteiger charge is 2.33. The second kappa shape index (κ2) is 7.60. The van der Waals surface area contributed by atoms with Crippen molar-refractivity contribution < 1.29 is 36.2 Å². The van der Waals surface area contributed by atoms with Gasteiger partial charge in [-0.3, -0.25) is 9.97 Å². The summed E-state index contributed by atoms with van der Waals surface area (Å²) < 4.78 is 75.7. The fraction of sp³-hybridized carbons (Fsp3) is 0.118. The Morgan fingerprint density at radius 3 is 1.59 bits per heavy atom. The molecular formula is C17H10F6N2O2. The maximum Gasteiger partial charge on any atom is 0.433 e. The second-order valence-electron chi connectivity index (χ2n) is 5.14. The number of alkyl halides is 6. The Kier molecular flexibility index (Phi) is 5.67. The van der Waals surface area contributed by atoms with Gasteiger partial charge in [-0.1, -0.05) is 24.3 Å². The SMILES string of the molecule is O=C(O)/C=C/C=C(c1ccc(C(F)(F)F)nc1)c1ccc(C(F)(F)F)nc1. The number of hydrogen-bond donors (Lipinski definition) is 1. The fourth-order valence-electron chi connectivity index (χ4n) is 2.03. The first-order valence-corrected chi connectivity index (χ1v) is 7.17. The van der Waals surface area contributed by atoms with Crippen molar-refractivity contribution in [3.05, 3.63) is 77.4 Å². The summed E-state index contributed by atoms with van der Waals surface area (Å²) in [5.41, 5.74) is -1.86. The number of halogens is 6. The summed E-state index contributed by atoms with van der Waals surface area (Å²) in [6.45, 7) is 0. The fourth-order valence-corrected chi connectivity index (χ4v) is 2.03. The van der Waals surface area contributed by atoms with E-state index in [2.05, 4.69) is 9.97 Å². The lowest BCUT2D eigenvalue weighted by atomic mass is 9.99. The minimum Gasteiger partial charge on any atom is -0.478 e. The van der Waals surface area contributed by atoms with Gasteiger partial charge in [-0.25, -0.2) is 4.79 Å². The highest BCUT2D eigenvalue weighted by Crippen LogP contribution is 2.31. The van der Waals surface area contributed by atoms with Crippen LogP contribution in [-0.2, 0) is 17.1 Å². The van der Waals surface area contributed by atoms with Gasteiger partial charge in [0.05, 0.1) is 0 Å². The van der Waals surface area contributed by atoms with E-state index in [-0.39, 0.29) is 16.7 Å².